The number of carbonyl (C=O) groups excluding carboxylic acids is 1. The third-order valence-corrected chi connectivity index (χ3v) is 3.61. The third-order valence-electron chi connectivity index (χ3n) is 3.61. The lowest BCUT2D eigenvalue weighted by molar-refractivity contribution is 0.1000. The zero-order chi connectivity index (χ0) is 14.7. The molecule has 2 N–H and O–H groups in total. The van der Waals surface area contributed by atoms with E-state index in [4.69, 9.17) is 10.5 Å². The summed E-state index contributed by atoms with van der Waals surface area (Å²) >= 11 is 0. The van der Waals surface area contributed by atoms with Crippen molar-refractivity contribution >= 4 is 11.6 Å². The molecule has 1 saturated heterocycles. The van der Waals surface area contributed by atoms with Crippen molar-refractivity contribution < 1.29 is 9.53 Å². The summed E-state index contributed by atoms with van der Waals surface area (Å²) in [5, 5.41) is 0. The molecule has 5 nitrogen and oxygen atoms in total. The van der Waals surface area contributed by atoms with Crippen molar-refractivity contribution in [1.29, 1.82) is 0 Å². The molecule has 21 heavy (non-hydrogen) atoms. The maximum absolute atomic E-state index is 11.0. The molecule has 1 amide bonds. The van der Waals surface area contributed by atoms with Crippen LogP contribution in [-0.2, 0) is 0 Å². The largest absolute Gasteiger partial charge is 0.489 e. The molecule has 1 aliphatic heterocycles. The Bertz CT molecular complexity index is 613. The van der Waals surface area contributed by atoms with Gasteiger partial charge < -0.3 is 15.4 Å². The summed E-state index contributed by atoms with van der Waals surface area (Å²) in [6, 6.07) is 11.0. The molecule has 1 atom stereocenters. The quantitative estimate of drug-likeness (QED) is 0.929. The van der Waals surface area contributed by atoms with E-state index in [1.807, 2.05) is 12.1 Å². The van der Waals surface area contributed by atoms with E-state index in [2.05, 4.69) is 9.88 Å². The number of hydrogen-bond acceptors (Lipinski definition) is 4. The Morgan fingerprint density at radius 3 is 2.57 bits per heavy atom. The van der Waals surface area contributed by atoms with Crippen LogP contribution in [0, 0.1) is 0 Å². The van der Waals surface area contributed by atoms with Gasteiger partial charge in [0.25, 0.3) is 0 Å². The van der Waals surface area contributed by atoms with Gasteiger partial charge in [-0.25, -0.2) is 0 Å². The van der Waals surface area contributed by atoms with Gasteiger partial charge in [0.05, 0.1) is 6.54 Å². The molecule has 2 aromatic rings. The van der Waals surface area contributed by atoms with Gasteiger partial charge in [0.15, 0.2) is 0 Å². The standard InChI is InChI=1S/C16H17N3O2/c17-16(20)12-1-3-14(4-2-12)21-15-7-10-19(11-15)13-5-8-18-9-6-13/h1-6,8-9,15H,7,10-11H2,(H2,17,20). The van der Waals surface area contributed by atoms with Crippen LogP contribution in [-0.4, -0.2) is 30.1 Å². The van der Waals surface area contributed by atoms with Gasteiger partial charge in [0.1, 0.15) is 11.9 Å². The van der Waals surface area contributed by atoms with Crippen LogP contribution in [0.2, 0.25) is 0 Å². The number of carbonyl (C=O) groups is 1. The lowest BCUT2D eigenvalue weighted by Crippen LogP contribution is -2.24. The summed E-state index contributed by atoms with van der Waals surface area (Å²) in [6.45, 7) is 1.82. The van der Waals surface area contributed by atoms with Crippen molar-refractivity contribution in [3.05, 3.63) is 54.4 Å². The highest BCUT2D eigenvalue weighted by molar-refractivity contribution is 5.92. The molecular weight excluding hydrogens is 266 g/mol. The number of nitrogens with two attached hydrogens (primary N) is 1. The number of anilines is 1. The monoisotopic (exact) mass is 283 g/mol. The van der Waals surface area contributed by atoms with E-state index < -0.39 is 5.91 Å². The van der Waals surface area contributed by atoms with Crippen LogP contribution >= 0.6 is 0 Å². The number of aromatic nitrogens is 1. The normalized spacial score (nSPS) is 17.7. The van der Waals surface area contributed by atoms with Crippen molar-refractivity contribution in [3.8, 4) is 5.75 Å². The van der Waals surface area contributed by atoms with Crippen LogP contribution in [0.5, 0.6) is 5.75 Å². The van der Waals surface area contributed by atoms with Gasteiger partial charge in [-0.1, -0.05) is 0 Å². The summed E-state index contributed by atoms with van der Waals surface area (Å²) in [7, 11) is 0. The van der Waals surface area contributed by atoms with Crippen LogP contribution in [0.25, 0.3) is 0 Å². The average Bonchev–Trinajstić information content (AvgIpc) is 2.97. The number of benzene rings is 1. The summed E-state index contributed by atoms with van der Waals surface area (Å²) in [5.74, 6) is 0.341. The van der Waals surface area contributed by atoms with Crippen LogP contribution in [0.15, 0.2) is 48.8 Å². The lowest BCUT2D eigenvalue weighted by Gasteiger charge is -2.18. The van der Waals surface area contributed by atoms with Gasteiger partial charge in [-0.3, -0.25) is 9.78 Å². The van der Waals surface area contributed by atoms with Crippen LogP contribution in [0.3, 0.4) is 0 Å². The van der Waals surface area contributed by atoms with Gasteiger partial charge in [-0.05, 0) is 36.4 Å². The molecule has 1 aromatic heterocycles. The lowest BCUT2D eigenvalue weighted by atomic mass is 10.2. The number of primary amides is 1. The van der Waals surface area contributed by atoms with E-state index in [0.717, 1.165) is 25.3 Å². The van der Waals surface area contributed by atoms with Crippen molar-refractivity contribution in [3.63, 3.8) is 0 Å². The fourth-order valence-corrected chi connectivity index (χ4v) is 2.50. The Labute approximate surface area is 123 Å². The number of amides is 1. The van der Waals surface area contributed by atoms with Crippen LogP contribution < -0.4 is 15.4 Å². The minimum atomic E-state index is -0.425. The Balaban J connectivity index is 1.61. The van der Waals surface area contributed by atoms with Crippen molar-refractivity contribution in [1.82, 2.24) is 4.98 Å². The van der Waals surface area contributed by atoms with Gasteiger partial charge >= 0.3 is 0 Å². The number of pyridine rings is 1. The molecule has 0 aliphatic carbocycles. The maximum Gasteiger partial charge on any atom is 0.248 e. The molecular formula is C16H17N3O2. The van der Waals surface area contributed by atoms with Gasteiger partial charge in [0, 0.05) is 36.6 Å². The summed E-state index contributed by atoms with van der Waals surface area (Å²) in [5.41, 5.74) is 6.88. The van der Waals surface area contributed by atoms with E-state index in [0.29, 0.717) is 5.56 Å². The number of ether oxygens (including phenoxy) is 1. The number of nitrogens with zero attached hydrogens (tertiary/aromatic N) is 2. The van der Waals surface area contributed by atoms with Gasteiger partial charge in [-0.2, -0.15) is 0 Å². The summed E-state index contributed by atoms with van der Waals surface area (Å²) in [6.07, 6.45) is 4.72. The number of hydrogen-bond donors (Lipinski definition) is 1. The molecule has 1 aromatic carbocycles. The van der Waals surface area contributed by atoms with Gasteiger partial charge in [-0.15, -0.1) is 0 Å². The van der Waals surface area contributed by atoms with E-state index in [1.54, 1.807) is 36.7 Å². The van der Waals surface area contributed by atoms with Crippen LogP contribution in [0.4, 0.5) is 5.69 Å². The van der Waals surface area contributed by atoms with Crippen LogP contribution in [0.1, 0.15) is 16.8 Å². The maximum atomic E-state index is 11.0. The van der Waals surface area contributed by atoms with E-state index in [9.17, 15) is 4.79 Å². The first-order valence-corrected chi connectivity index (χ1v) is 6.94. The van der Waals surface area contributed by atoms with Crippen molar-refractivity contribution in [2.45, 2.75) is 12.5 Å². The second kappa shape index (κ2) is 5.83. The molecule has 1 aliphatic rings. The first-order chi connectivity index (χ1) is 10.2. The zero-order valence-electron chi connectivity index (χ0n) is 11.6. The molecule has 0 saturated carbocycles. The first kappa shape index (κ1) is 13.4. The average molecular weight is 283 g/mol. The smallest absolute Gasteiger partial charge is 0.248 e. The molecule has 0 radical (unpaired) electrons. The van der Waals surface area contributed by atoms with Gasteiger partial charge in [0.2, 0.25) is 5.91 Å². The minimum Gasteiger partial charge on any atom is -0.489 e. The Kier molecular flexibility index (Phi) is 3.73. The second-order valence-corrected chi connectivity index (χ2v) is 5.07. The fraction of sp³-hybridized carbons (Fsp3) is 0.250. The summed E-state index contributed by atoms with van der Waals surface area (Å²) < 4.78 is 5.95. The molecule has 5 heteroatoms. The Morgan fingerprint density at radius 2 is 1.90 bits per heavy atom. The fourth-order valence-electron chi connectivity index (χ4n) is 2.50. The highest BCUT2D eigenvalue weighted by Crippen LogP contribution is 2.23. The molecule has 3 rings (SSSR count). The highest BCUT2D eigenvalue weighted by atomic mass is 16.5. The predicted octanol–water partition coefficient (Wildman–Crippen LogP) is 1.84. The van der Waals surface area contributed by atoms with E-state index in [1.165, 1.54) is 5.69 Å². The number of rotatable bonds is 4. The second-order valence-electron chi connectivity index (χ2n) is 5.07. The predicted molar refractivity (Wildman–Crippen MR) is 80.4 cm³/mol. The first-order valence-electron chi connectivity index (χ1n) is 6.94. The van der Waals surface area contributed by atoms with Crippen molar-refractivity contribution in [2.75, 3.05) is 18.0 Å². The topological polar surface area (TPSA) is 68.5 Å². The molecule has 2 heterocycles. The summed E-state index contributed by atoms with van der Waals surface area (Å²) in [4.78, 5) is 17.3. The van der Waals surface area contributed by atoms with E-state index >= 15 is 0 Å². The molecule has 1 fully saturated rings. The molecule has 0 spiro atoms. The highest BCUT2D eigenvalue weighted by Gasteiger charge is 2.24. The third kappa shape index (κ3) is 3.13. The molecule has 0 bridgehead atoms. The Morgan fingerprint density at radius 1 is 1.19 bits per heavy atom. The zero-order valence-corrected chi connectivity index (χ0v) is 11.6. The molecule has 1 unspecified atom stereocenters. The minimum absolute atomic E-state index is 0.151. The Hall–Kier alpha value is -2.56. The molecule has 108 valence electrons. The SMILES string of the molecule is NC(=O)c1ccc(OC2CCN(c3ccncc3)C2)cc1. The van der Waals surface area contributed by atoms with E-state index in [-0.39, 0.29) is 6.10 Å². The van der Waals surface area contributed by atoms with Crippen molar-refractivity contribution in [2.24, 2.45) is 5.73 Å².